The highest BCUT2D eigenvalue weighted by Crippen LogP contribution is 2.05. The molecule has 2 rings (SSSR count). The normalized spacial score (nSPS) is 12.5. The number of benzene rings is 1. The maximum atomic E-state index is 12.2. The topological polar surface area (TPSA) is 71.9 Å². The minimum Gasteiger partial charge on any atom is -0.297 e. The predicted molar refractivity (Wildman–Crippen MR) is 73.3 cm³/mol. The van der Waals surface area contributed by atoms with Crippen molar-refractivity contribution in [3.8, 4) is 0 Å². The van der Waals surface area contributed by atoms with Crippen molar-refractivity contribution in [2.75, 3.05) is 0 Å². The summed E-state index contributed by atoms with van der Waals surface area (Å²) in [6.07, 6.45) is 0.714. The van der Waals surface area contributed by atoms with E-state index in [0.29, 0.717) is 17.2 Å². The molecule has 0 aliphatic rings. The Kier molecular flexibility index (Phi) is 3.64. The van der Waals surface area contributed by atoms with Gasteiger partial charge in [0, 0.05) is 5.92 Å². The Balaban J connectivity index is 2.51. The lowest BCUT2D eigenvalue weighted by Crippen LogP contribution is -2.33. The second-order valence-corrected chi connectivity index (χ2v) is 4.65. The number of carbonyl (C=O) groups is 1. The van der Waals surface area contributed by atoms with Crippen LogP contribution in [0.15, 0.2) is 33.9 Å². The maximum absolute atomic E-state index is 12.2. The van der Waals surface area contributed by atoms with Crippen molar-refractivity contribution in [3.63, 3.8) is 0 Å². The average Bonchev–Trinajstić information content (AvgIpc) is 2.43. The number of carbonyl (C=O) groups excluding carboxylic acids is 1. The monoisotopic (exact) mass is 260 g/mol. The van der Waals surface area contributed by atoms with E-state index in [1.54, 1.807) is 24.3 Å². The van der Waals surface area contributed by atoms with Gasteiger partial charge in [-0.15, -0.1) is 0 Å². The maximum Gasteiger partial charge on any atom is 0.273 e. The van der Waals surface area contributed by atoms with E-state index in [2.05, 4.69) is 5.10 Å². The molecule has 2 aromatic rings. The molecule has 1 N–H and O–H groups in total. The molecule has 0 bridgehead atoms. The number of aromatic nitrogens is 2. The van der Waals surface area contributed by atoms with Crippen LogP contribution in [0.3, 0.4) is 0 Å². The fourth-order valence-electron chi connectivity index (χ4n) is 1.90. The quantitative estimate of drug-likeness (QED) is 0.900. The van der Waals surface area contributed by atoms with Crippen LogP contribution in [0, 0.1) is 5.92 Å². The number of ketones is 1. The van der Waals surface area contributed by atoms with Crippen molar-refractivity contribution < 1.29 is 4.79 Å². The largest absolute Gasteiger partial charge is 0.297 e. The van der Waals surface area contributed by atoms with E-state index >= 15 is 0 Å². The number of nitrogens with zero attached hydrogens (tertiary/aromatic N) is 1. The first-order valence-electron chi connectivity index (χ1n) is 6.29. The molecule has 19 heavy (non-hydrogen) atoms. The predicted octanol–water partition coefficient (Wildman–Crippen LogP) is 1.30. The highest BCUT2D eigenvalue weighted by molar-refractivity contribution is 5.82. The smallest absolute Gasteiger partial charge is 0.273 e. The first-order valence-corrected chi connectivity index (χ1v) is 6.29. The Morgan fingerprint density at radius 2 is 1.89 bits per heavy atom. The van der Waals surface area contributed by atoms with Gasteiger partial charge in [0.25, 0.3) is 11.1 Å². The zero-order valence-corrected chi connectivity index (χ0v) is 11.0. The molecule has 0 radical (unpaired) electrons. The van der Waals surface area contributed by atoms with E-state index in [1.807, 2.05) is 13.8 Å². The van der Waals surface area contributed by atoms with Gasteiger partial charge in [0.15, 0.2) is 5.78 Å². The number of fused-ring (bicyclic) bond motifs is 1. The molecule has 1 heterocycles. The first kappa shape index (κ1) is 13.3. The van der Waals surface area contributed by atoms with Gasteiger partial charge in [-0.25, -0.2) is 4.68 Å². The van der Waals surface area contributed by atoms with Crippen molar-refractivity contribution in [3.05, 3.63) is 45.0 Å². The Hall–Kier alpha value is -2.17. The summed E-state index contributed by atoms with van der Waals surface area (Å²) in [5, 5.41) is 3.14. The standard InChI is InChI=1S/C14H16N2O3/c1-3-9(2)12(17)8-16-14(19)11-7-5-4-6-10(11)13(18)15-16/h4-7,9H,3,8H2,1-2H3,(H,15,18). The third-order valence-corrected chi connectivity index (χ3v) is 3.36. The lowest BCUT2D eigenvalue weighted by molar-refractivity contribution is -0.123. The lowest BCUT2D eigenvalue weighted by atomic mass is 10.0. The molecular weight excluding hydrogens is 244 g/mol. The lowest BCUT2D eigenvalue weighted by Gasteiger charge is -2.09. The van der Waals surface area contributed by atoms with Gasteiger partial charge in [-0.2, -0.15) is 0 Å². The average molecular weight is 260 g/mol. The van der Waals surface area contributed by atoms with E-state index in [1.165, 1.54) is 0 Å². The van der Waals surface area contributed by atoms with Crippen LogP contribution in [-0.4, -0.2) is 15.6 Å². The second-order valence-electron chi connectivity index (χ2n) is 4.65. The third kappa shape index (κ3) is 2.50. The Bertz CT molecular complexity index is 727. The van der Waals surface area contributed by atoms with Gasteiger partial charge in [0.05, 0.1) is 10.8 Å². The van der Waals surface area contributed by atoms with Gasteiger partial charge in [0.2, 0.25) is 0 Å². The molecule has 0 aliphatic carbocycles. The fourth-order valence-corrected chi connectivity index (χ4v) is 1.90. The zero-order valence-electron chi connectivity index (χ0n) is 11.0. The number of hydrogen-bond donors (Lipinski definition) is 1. The molecular formula is C14H16N2O3. The second kappa shape index (κ2) is 5.22. The van der Waals surface area contributed by atoms with E-state index in [0.717, 1.165) is 4.68 Å². The summed E-state index contributed by atoms with van der Waals surface area (Å²) in [6, 6.07) is 6.59. The number of rotatable bonds is 4. The van der Waals surface area contributed by atoms with Crippen LogP contribution in [-0.2, 0) is 11.3 Å². The van der Waals surface area contributed by atoms with Crippen LogP contribution >= 0.6 is 0 Å². The van der Waals surface area contributed by atoms with Crippen molar-refractivity contribution >= 4 is 16.6 Å². The molecule has 5 nitrogen and oxygen atoms in total. The molecule has 1 aromatic heterocycles. The summed E-state index contributed by atoms with van der Waals surface area (Å²) in [4.78, 5) is 35.9. The molecule has 0 saturated carbocycles. The van der Waals surface area contributed by atoms with E-state index in [9.17, 15) is 14.4 Å². The van der Waals surface area contributed by atoms with Crippen LogP contribution in [0.5, 0.6) is 0 Å². The number of H-pyrrole nitrogens is 1. The number of nitrogens with one attached hydrogen (secondary N) is 1. The van der Waals surface area contributed by atoms with Gasteiger partial charge in [0.1, 0.15) is 6.54 Å². The first-order chi connectivity index (χ1) is 9.04. The van der Waals surface area contributed by atoms with Crippen LogP contribution in [0.1, 0.15) is 20.3 Å². The van der Waals surface area contributed by atoms with Gasteiger partial charge >= 0.3 is 0 Å². The number of Topliss-reactive ketones (excluding diaryl/α,β-unsaturated/α-hetero) is 1. The van der Waals surface area contributed by atoms with Crippen LogP contribution in [0.25, 0.3) is 10.8 Å². The summed E-state index contributed by atoms with van der Waals surface area (Å²) in [6.45, 7) is 3.63. The number of hydrogen-bond acceptors (Lipinski definition) is 3. The molecule has 0 amide bonds. The SMILES string of the molecule is CCC(C)C(=O)Cn1[nH]c(=O)c2ccccc2c1=O. The summed E-state index contributed by atoms with van der Waals surface area (Å²) in [5.41, 5.74) is -0.695. The highest BCUT2D eigenvalue weighted by Gasteiger charge is 2.14. The summed E-state index contributed by atoms with van der Waals surface area (Å²) >= 11 is 0. The molecule has 100 valence electrons. The van der Waals surface area contributed by atoms with Crippen molar-refractivity contribution in [1.82, 2.24) is 9.78 Å². The van der Waals surface area contributed by atoms with Crippen molar-refractivity contribution in [2.24, 2.45) is 5.92 Å². The number of aromatic amines is 1. The van der Waals surface area contributed by atoms with Gasteiger partial charge in [-0.1, -0.05) is 26.0 Å². The molecule has 1 aromatic carbocycles. The molecule has 0 aliphatic heterocycles. The third-order valence-electron chi connectivity index (χ3n) is 3.36. The van der Waals surface area contributed by atoms with Gasteiger partial charge in [-0.05, 0) is 18.6 Å². The zero-order chi connectivity index (χ0) is 14.0. The molecule has 1 atom stereocenters. The Morgan fingerprint density at radius 3 is 2.53 bits per heavy atom. The van der Waals surface area contributed by atoms with Crippen LogP contribution < -0.4 is 11.1 Å². The molecule has 5 heteroatoms. The Labute approximate surface area is 109 Å². The molecule has 0 spiro atoms. The summed E-state index contributed by atoms with van der Waals surface area (Å²) in [7, 11) is 0. The van der Waals surface area contributed by atoms with Crippen molar-refractivity contribution in [1.29, 1.82) is 0 Å². The van der Waals surface area contributed by atoms with Crippen LogP contribution in [0.2, 0.25) is 0 Å². The van der Waals surface area contributed by atoms with Crippen molar-refractivity contribution in [2.45, 2.75) is 26.8 Å². The molecule has 0 fully saturated rings. The molecule has 1 unspecified atom stereocenters. The minimum absolute atomic E-state index is 0.0597. The minimum atomic E-state index is -0.354. The highest BCUT2D eigenvalue weighted by atomic mass is 16.2. The van der Waals surface area contributed by atoms with Gasteiger partial charge < -0.3 is 0 Å². The summed E-state index contributed by atoms with van der Waals surface area (Å²) < 4.78 is 1.10. The van der Waals surface area contributed by atoms with E-state index in [-0.39, 0.29) is 29.4 Å². The summed E-state index contributed by atoms with van der Waals surface area (Å²) in [5.74, 6) is -0.183. The van der Waals surface area contributed by atoms with Crippen LogP contribution in [0.4, 0.5) is 0 Å². The Morgan fingerprint density at radius 1 is 1.26 bits per heavy atom. The fraction of sp³-hybridized carbons (Fsp3) is 0.357. The van der Waals surface area contributed by atoms with E-state index in [4.69, 9.17) is 0 Å². The van der Waals surface area contributed by atoms with Gasteiger partial charge in [-0.3, -0.25) is 19.5 Å². The molecule has 0 saturated heterocycles. The van der Waals surface area contributed by atoms with E-state index < -0.39 is 0 Å².